The number of nitrogens with one attached hydrogen (secondary N) is 1. The molecule has 46 valence electrons. The molecule has 0 radical (unpaired) electrons. The van der Waals surface area contributed by atoms with E-state index in [1.807, 2.05) is 0 Å². The highest BCUT2D eigenvalue weighted by Gasteiger charge is 2.47. The van der Waals surface area contributed by atoms with Gasteiger partial charge in [-0.05, 0) is 24.7 Å². The minimum Gasteiger partial charge on any atom is -0.305 e. The smallest absolute Gasteiger partial charge is 0.0508 e. The van der Waals surface area contributed by atoms with Gasteiger partial charge in [0.1, 0.15) is 0 Å². The third-order valence-electron chi connectivity index (χ3n) is 2.30. The van der Waals surface area contributed by atoms with Crippen LogP contribution in [0.15, 0.2) is 0 Å². The molecule has 8 heavy (non-hydrogen) atoms. The largest absolute Gasteiger partial charge is 0.305 e. The van der Waals surface area contributed by atoms with Crippen LogP contribution in [0.4, 0.5) is 0 Å². The molecule has 1 N–H and O–H groups in total. The van der Waals surface area contributed by atoms with Gasteiger partial charge in [0.25, 0.3) is 0 Å². The lowest BCUT2D eigenvalue weighted by Gasteiger charge is -1.98. The first kappa shape index (κ1) is 5.12. The highest BCUT2D eigenvalue weighted by atomic mass is 32.1. The van der Waals surface area contributed by atoms with E-state index in [0.717, 1.165) is 5.41 Å². The Bertz CT molecular complexity index is 109. The van der Waals surface area contributed by atoms with Crippen LogP contribution < -0.4 is 5.32 Å². The minimum atomic E-state index is 0.498. The van der Waals surface area contributed by atoms with Gasteiger partial charge in [0.05, 0.1) is 5.37 Å². The molecule has 1 heterocycles. The van der Waals surface area contributed by atoms with Crippen LogP contribution in [0.3, 0.4) is 0 Å². The highest BCUT2D eigenvalue weighted by Crippen LogP contribution is 2.52. The van der Waals surface area contributed by atoms with Gasteiger partial charge in [0.15, 0.2) is 0 Å². The van der Waals surface area contributed by atoms with Crippen molar-refractivity contribution in [2.24, 2.45) is 5.41 Å². The van der Waals surface area contributed by atoms with Gasteiger partial charge in [-0.25, -0.2) is 0 Å². The van der Waals surface area contributed by atoms with Crippen molar-refractivity contribution in [1.82, 2.24) is 5.32 Å². The van der Waals surface area contributed by atoms with E-state index in [-0.39, 0.29) is 0 Å². The molecule has 1 atom stereocenters. The van der Waals surface area contributed by atoms with Gasteiger partial charge >= 0.3 is 0 Å². The maximum absolute atomic E-state index is 4.33. The van der Waals surface area contributed by atoms with Gasteiger partial charge in [-0.2, -0.15) is 12.6 Å². The van der Waals surface area contributed by atoms with Gasteiger partial charge in [0, 0.05) is 6.54 Å². The van der Waals surface area contributed by atoms with Crippen molar-refractivity contribution in [2.45, 2.75) is 24.6 Å². The Morgan fingerprint density at radius 2 is 2.25 bits per heavy atom. The first-order valence-electron chi connectivity index (χ1n) is 3.22. The van der Waals surface area contributed by atoms with Crippen LogP contribution in [-0.4, -0.2) is 11.9 Å². The summed E-state index contributed by atoms with van der Waals surface area (Å²) in [5, 5.41) is 3.83. The van der Waals surface area contributed by atoms with Crippen molar-refractivity contribution in [1.29, 1.82) is 0 Å². The van der Waals surface area contributed by atoms with Gasteiger partial charge in [0.2, 0.25) is 0 Å². The Labute approximate surface area is 55.3 Å². The molecule has 2 heteroatoms. The van der Waals surface area contributed by atoms with Crippen molar-refractivity contribution < 1.29 is 0 Å². The van der Waals surface area contributed by atoms with Crippen molar-refractivity contribution in [2.75, 3.05) is 6.54 Å². The SMILES string of the molecule is SC1CC2(CC2)CN1. The summed E-state index contributed by atoms with van der Waals surface area (Å²) in [6.45, 7) is 1.22. The fourth-order valence-corrected chi connectivity index (χ4v) is 1.93. The van der Waals surface area contributed by atoms with Crippen LogP contribution in [0.2, 0.25) is 0 Å². The zero-order valence-corrected chi connectivity index (χ0v) is 5.75. The van der Waals surface area contributed by atoms with Crippen molar-refractivity contribution in [3.05, 3.63) is 0 Å². The monoisotopic (exact) mass is 129 g/mol. The molecule has 0 aromatic rings. The lowest BCUT2D eigenvalue weighted by molar-refractivity contribution is 0.571. The van der Waals surface area contributed by atoms with Crippen LogP contribution in [0, 0.1) is 5.41 Å². The molecule has 1 saturated heterocycles. The molecule has 2 fully saturated rings. The molecule has 2 aliphatic rings. The van der Waals surface area contributed by atoms with Gasteiger partial charge in [-0.3, -0.25) is 0 Å². The number of thiol groups is 1. The van der Waals surface area contributed by atoms with Crippen LogP contribution in [0.25, 0.3) is 0 Å². The normalized spacial score (nSPS) is 40.9. The Morgan fingerprint density at radius 1 is 1.50 bits per heavy atom. The number of hydrogen-bond donors (Lipinski definition) is 2. The molecule has 0 amide bonds. The minimum absolute atomic E-state index is 0.498. The Morgan fingerprint density at radius 3 is 2.50 bits per heavy atom. The molecule has 0 aromatic heterocycles. The summed E-state index contributed by atoms with van der Waals surface area (Å²) in [5.74, 6) is 0. The average Bonchev–Trinajstić information content (AvgIpc) is 2.34. The first-order valence-corrected chi connectivity index (χ1v) is 3.74. The van der Waals surface area contributed by atoms with Gasteiger partial charge in [-0.15, -0.1) is 0 Å². The first-order chi connectivity index (χ1) is 3.81. The molecule has 1 nitrogen and oxygen atoms in total. The predicted molar refractivity (Wildman–Crippen MR) is 37.1 cm³/mol. The standard InChI is InChI=1S/C6H11NS/c8-5-3-6(1-2-6)4-7-5/h5,7-8H,1-4H2. The van der Waals surface area contributed by atoms with Gasteiger partial charge < -0.3 is 5.32 Å². The quantitative estimate of drug-likeness (QED) is 0.465. The Kier molecular flexibility index (Phi) is 0.910. The number of hydrogen-bond acceptors (Lipinski definition) is 2. The van der Waals surface area contributed by atoms with E-state index in [2.05, 4.69) is 17.9 Å². The van der Waals surface area contributed by atoms with E-state index in [9.17, 15) is 0 Å². The lowest BCUT2D eigenvalue weighted by Crippen LogP contribution is -2.14. The van der Waals surface area contributed by atoms with E-state index >= 15 is 0 Å². The molecule has 0 aromatic carbocycles. The van der Waals surface area contributed by atoms with Crippen molar-refractivity contribution >= 4 is 12.6 Å². The number of rotatable bonds is 0. The average molecular weight is 129 g/mol. The van der Waals surface area contributed by atoms with Crippen LogP contribution >= 0.6 is 12.6 Å². The van der Waals surface area contributed by atoms with E-state index in [1.54, 1.807) is 0 Å². The van der Waals surface area contributed by atoms with Crippen LogP contribution in [-0.2, 0) is 0 Å². The molecule has 1 spiro atoms. The van der Waals surface area contributed by atoms with E-state index in [0.29, 0.717) is 5.37 Å². The van der Waals surface area contributed by atoms with Gasteiger partial charge in [-0.1, -0.05) is 0 Å². The summed E-state index contributed by atoms with van der Waals surface area (Å²) in [6.07, 6.45) is 4.18. The summed E-state index contributed by atoms with van der Waals surface area (Å²) in [5.41, 5.74) is 0.729. The predicted octanol–water partition coefficient (Wildman–Crippen LogP) is 1.02. The summed E-state index contributed by atoms with van der Waals surface area (Å²) in [4.78, 5) is 0. The topological polar surface area (TPSA) is 12.0 Å². The second-order valence-corrected chi connectivity index (χ2v) is 3.72. The second kappa shape index (κ2) is 1.42. The van der Waals surface area contributed by atoms with Crippen LogP contribution in [0.5, 0.6) is 0 Å². The maximum Gasteiger partial charge on any atom is 0.0508 e. The van der Waals surface area contributed by atoms with Crippen LogP contribution in [0.1, 0.15) is 19.3 Å². The third kappa shape index (κ3) is 0.669. The summed E-state index contributed by atoms with van der Waals surface area (Å²) >= 11 is 4.33. The highest BCUT2D eigenvalue weighted by molar-refractivity contribution is 7.80. The molecule has 1 unspecified atom stereocenters. The molecule has 1 aliphatic carbocycles. The Balaban J connectivity index is 2.03. The molecule has 0 bridgehead atoms. The fraction of sp³-hybridized carbons (Fsp3) is 1.00. The Hall–Kier alpha value is 0.310. The summed E-state index contributed by atoms with van der Waals surface area (Å²) in [7, 11) is 0. The van der Waals surface area contributed by atoms with Crippen molar-refractivity contribution in [3.63, 3.8) is 0 Å². The fourth-order valence-electron chi connectivity index (χ4n) is 1.45. The zero-order chi connectivity index (χ0) is 5.61. The zero-order valence-electron chi connectivity index (χ0n) is 4.85. The molecule has 1 aliphatic heterocycles. The molecular formula is C6H11NS. The lowest BCUT2D eigenvalue weighted by atomic mass is 10.1. The van der Waals surface area contributed by atoms with E-state index in [4.69, 9.17) is 0 Å². The summed E-state index contributed by atoms with van der Waals surface area (Å²) in [6, 6.07) is 0. The maximum atomic E-state index is 4.33. The summed E-state index contributed by atoms with van der Waals surface area (Å²) < 4.78 is 0. The van der Waals surface area contributed by atoms with E-state index < -0.39 is 0 Å². The molecule has 2 rings (SSSR count). The van der Waals surface area contributed by atoms with Crippen molar-refractivity contribution in [3.8, 4) is 0 Å². The second-order valence-electron chi connectivity index (χ2n) is 3.10. The third-order valence-corrected chi connectivity index (χ3v) is 2.66. The van der Waals surface area contributed by atoms with E-state index in [1.165, 1.54) is 25.8 Å². The molecular weight excluding hydrogens is 118 g/mol. The molecule has 1 saturated carbocycles.